The van der Waals surface area contributed by atoms with E-state index in [1.807, 2.05) is 0 Å². The molecule has 0 aliphatic carbocycles. The molecule has 0 bridgehead atoms. The van der Waals surface area contributed by atoms with Gasteiger partial charge in [0, 0.05) is 5.56 Å². The Hall–Kier alpha value is -1.96. The lowest BCUT2D eigenvalue weighted by Gasteiger charge is -2.07. The molecule has 0 aliphatic heterocycles. The molecule has 0 spiro atoms. The van der Waals surface area contributed by atoms with Crippen LogP contribution in [-0.4, -0.2) is 35.1 Å². The summed E-state index contributed by atoms with van der Waals surface area (Å²) in [4.78, 5) is 11.7. The van der Waals surface area contributed by atoms with E-state index in [4.69, 9.17) is 9.47 Å². The van der Waals surface area contributed by atoms with Crippen LogP contribution < -0.4 is 4.74 Å². The monoisotopic (exact) mass is 343 g/mol. The number of nitrogens with one attached hydrogen (secondary N) is 1. The highest BCUT2D eigenvalue weighted by molar-refractivity contribution is 9.10. The Kier molecular flexibility index (Phi) is 4.33. The predicted octanol–water partition coefficient (Wildman–Crippen LogP) is 2.56. The largest absolute Gasteiger partial charge is 0.492 e. The number of methoxy groups -OCH3 is 1. The molecule has 1 aromatic heterocycles. The summed E-state index contributed by atoms with van der Waals surface area (Å²) in [6.07, 6.45) is 0. The van der Waals surface area contributed by atoms with Gasteiger partial charge >= 0.3 is 5.97 Å². The first kappa shape index (κ1) is 14.4. The summed E-state index contributed by atoms with van der Waals surface area (Å²) in [6.45, 7) is 1.90. The van der Waals surface area contributed by atoms with Crippen molar-refractivity contribution in [1.82, 2.24) is 15.4 Å². The molecule has 0 saturated heterocycles. The smallest absolute Gasteiger partial charge is 0.361 e. The van der Waals surface area contributed by atoms with Gasteiger partial charge in [-0.1, -0.05) is 0 Å². The zero-order chi connectivity index (χ0) is 14.7. The average Bonchev–Trinajstić information content (AvgIpc) is 2.87. The Bertz CT molecular complexity index is 622. The molecule has 20 heavy (non-hydrogen) atoms. The molecule has 6 nitrogen and oxygen atoms in total. The van der Waals surface area contributed by atoms with Crippen molar-refractivity contribution in [3.8, 4) is 17.0 Å². The van der Waals surface area contributed by atoms with Gasteiger partial charge in [-0.25, -0.2) is 9.18 Å². The molecule has 106 valence electrons. The molecule has 0 saturated carbocycles. The Morgan fingerprint density at radius 3 is 2.80 bits per heavy atom. The van der Waals surface area contributed by atoms with Gasteiger partial charge in [-0.2, -0.15) is 10.3 Å². The third-order valence-electron chi connectivity index (χ3n) is 2.49. The number of rotatable bonds is 4. The number of nitrogens with zero attached hydrogens (tertiary/aromatic N) is 2. The normalized spacial score (nSPS) is 10.4. The maximum absolute atomic E-state index is 13.9. The molecule has 0 fully saturated rings. The number of carbonyl (C=O) groups excluding carboxylic acids is 1. The minimum atomic E-state index is -0.622. The predicted molar refractivity (Wildman–Crippen MR) is 72.0 cm³/mol. The molecule has 8 heteroatoms. The highest BCUT2D eigenvalue weighted by Crippen LogP contribution is 2.33. The molecule has 0 atom stereocenters. The Balaban J connectivity index is 2.48. The van der Waals surface area contributed by atoms with Crippen LogP contribution in [0.1, 0.15) is 17.4 Å². The minimum Gasteiger partial charge on any atom is -0.492 e. The van der Waals surface area contributed by atoms with Crippen LogP contribution in [0.4, 0.5) is 4.39 Å². The van der Waals surface area contributed by atoms with Gasteiger partial charge in [0.2, 0.25) is 0 Å². The van der Waals surface area contributed by atoms with Crippen LogP contribution in [-0.2, 0) is 4.74 Å². The number of hydrogen-bond donors (Lipinski definition) is 1. The maximum atomic E-state index is 13.9. The fraction of sp³-hybridized carbons (Fsp3) is 0.250. The molecule has 2 aromatic rings. The third kappa shape index (κ3) is 2.64. The topological polar surface area (TPSA) is 77.1 Å². The third-order valence-corrected chi connectivity index (χ3v) is 3.08. The Morgan fingerprint density at radius 2 is 2.20 bits per heavy atom. The molecule has 2 rings (SSSR count). The average molecular weight is 344 g/mol. The first-order valence-electron chi connectivity index (χ1n) is 5.69. The van der Waals surface area contributed by atoms with Crippen molar-refractivity contribution in [2.75, 3.05) is 13.7 Å². The first-order valence-corrected chi connectivity index (χ1v) is 6.49. The maximum Gasteiger partial charge on any atom is 0.361 e. The van der Waals surface area contributed by atoms with Crippen LogP contribution in [0.5, 0.6) is 5.75 Å². The van der Waals surface area contributed by atoms with Crippen LogP contribution in [0.2, 0.25) is 0 Å². The number of carbonyl (C=O) groups is 1. The van der Waals surface area contributed by atoms with Crippen molar-refractivity contribution in [3.63, 3.8) is 0 Å². The van der Waals surface area contributed by atoms with Gasteiger partial charge in [0.15, 0.2) is 17.3 Å². The lowest BCUT2D eigenvalue weighted by atomic mass is 10.1. The standard InChI is InChI=1S/C12H11BrFN3O3/c1-3-20-12(18)10-9(15-17-16-10)6-4-7(13)11(19-2)8(14)5-6/h4-5H,3H2,1-2H3,(H,15,16,17). The van der Waals surface area contributed by atoms with E-state index in [-0.39, 0.29) is 23.7 Å². The molecule has 1 aromatic carbocycles. The van der Waals surface area contributed by atoms with E-state index in [9.17, 15) is 9.18 Å². The van der Waals surface area contributed by atoms with E-state index < -0.39 is 11.8 Å². The van der Waals surface area contributed by atoms with Gasteiger partial charge in [-0.05, 0) is 35.0 Å². The van der Waals surface area contributed by atoms with Gasteiger partial charge in [0.1, 0.15) is 5.69 Å². The number of esters is 1. The molecule has 0 radical (unpaired) electrons. The molecule has 0 amide bonds. The molecule has 1 N–H and O–H groups in total. The lowest BCUT2D eigenvalue weighted by molar-refractivity contribution is 0.0520. The van der Waals surface area contributed by atoms with E-state index >= 15 is 0 Å². The van der Waals surface area contributed by atoms with Crippen molar-refractivity contribution in [3.05, 3.63) is 28.1 Å². The minimum absolute atomic E-state index is 0.00307. The summed E-state index contributed by atoms with van der Waals surface area (Å²) in [5.74, 6) is -1.12. The Morgan fingerprint density at radius 1 is 1.45 bits per heavy atom. The number of aromatic nitrogens is 3. The van der Waals surface area contributed by atoms with Crippen molar-refractivity contribution < 1.29 is 18.7 Å². The number of benzene rings is 1. The second-order valence-electron chi connectivity index (χ2n) is 3.71. The van der Waals surface area contributed by atoms with E-state index in [2.05, 4.69) is 31.3 Å². The van der Waals surface area contributed by atoms with Crippen LogP contribution >= 0.6 is 15.9 Å². The number of halogens is 2. The fourth-order valence-corrected chi connectivity index (χ4v) is 2.26. The molecule has 0 unspecified atom stereocenters. The summed E-state index contributed by atoms with van der Waals surface area (Å²) < 4.78 is 24.0. The van der Waals surface area contributed by atoms with Gasteiger partial charge in [-0.15, -0.1) is 5.10 Å². The van der Waals surface area contributed by atoms with Gasteiger partial charge in [0.25, 0.3) is 0 Å². The first-order chi connectivity index (χ1) is 9.58. The molecule has 0 aliphatic rings. The van der Waals surface area contributed by atoms with Crippen LogP contribution in [0.3, 0.4) is 0 Å². The van der Waals surface area contributed by atoms with Crippen LogP contribution in [0.15, 0.2) is 16.6 Å². The van der Waals surface area contributed by atoms with Crippen LogP contribution in [0.25, 0.3) is 11.3 Å². The zero-order valence-electron chi connectivity index (χ0n) is 10.7. The van der Waals surface area contributed by atoms with Crippen molar-refractivity contribution in [1.29, 1.82) is 0 Å². The van der Waals surface area contributed by atoms with Crippen molar-refractivity contribution in [2.45, 2.75) is 6.92 Å². The zero-order valence-corrected chi connectivity index (χ0v) is 12.3. The fourth-order valence-electron chi connectivity index (χ4n) is 1.67. The highest BCUT2D eigenvalue weighted by atomic mass is 79.9. The molecular formula is C12H11BrFN3O3. The summed E-state index contributed by atoms with van der Waals surface area (Å²) in [6, 6.07) is 2.80. The summed E-state index contributed by atoms with van der Waals surface area (Å²) in [5.41, 5.74) is 0.598. The summed E-state index contributed by atoms with van der Waals surface area (Å²) in [5, 5.41) is 9.93. The second-order valence-corrected chi connectivity index (χ2v) is 4.57. The van der Waals surface area contributed by atoms with Gasteiger partial charge < -0.3 is 9.47 Å². The van der Waals surface area contributed by atoms with E-state index in [1.165, 1.54) is 13.2 Å². The Labute approximate surface area is 122 Å². The van der Waals surface area contributed by atoms with Gasteiger partial charge in [-0.3, -0.25) is 0 Å². The van der Waals surface area contributed by atoms with E-state index in [0.717, 1.165) is 0 Å². The van der Waals surface area contributed by atoms with Gasteiger partial charge in [0.05, 0.1) is 18.2 Å². The SMILES string of the molecule is CCOC(=O)c1n[nH]nc1-c1cc(F)c(OC)c(Br)c1. The number of aromatic amines is 1. The molecular weight excluding hydrogens is 333 g/mol. The van der Waals surface area contributed by atoms with E-state index in [0.29, 0.717) is 10.0 Å². The number of H-pyrrole nitrogens is 1. The number of ether oxygens (including phenoxy) is 2. The second kappa shape index (κ2) is 6.00. The summed E-state index contributed by atoms with van der Waals surface area (Å²) in [7, 11) is 1.36. The lowest BCUT2D eigenvalue weighted by Crippen LogP contribution is -2.07. The van der Waals surface area contributed by atoms with Crippen molar-refractivity contribution in [2.24, 2.45) is 0 Å². The number of hydrogen-bond acceptors (Lipinski definition) is 5. The quantitative estimate of drug-likeness (QED) is 0.863. The highest BCUT2D eigenvalue weighted by Gasteiger charge is 2.21. The van der Waals surface area contributed by atoms with E-state index in [1.54, 1.807) is 13.0 Å². The summed E-state index contributed by atoms with van der Waals surface area (Å²) >= 11 is 3.20. The van der Waals surface area contributed by atoms with Crippen LogP contribution in [0, 0.1) is 5.82 Å². The molecule has 1 heterocycles. The van der Waals surface area contributed by atoms with Crippen molar-refractivity contribution >= 4 is 21.9 Å².